The van der Waals surface area contributed by atoms with Crippen molar-refractivity contribution in [2.24, 2.45) is 5.92 Å². The van der Waals surface area contributed by atoms with E-state index in [1.807, 2.05) is 0 Å². The number of hydrogen-bond acceptors (Lipinski definition) is 2. The van der Waals surface area contributed by atoms with Crippen molar-refractivity contribution in [3.63, 3.8) is 0 Å². The minimum absolute atomic E-state index is 0.0188. The standard InChI is InChI=1S/C11H21N3O/c15-11(14-10-4-1-5-10)13-8-9-3-2-6-12-7-9/h9-10,12H,1-8H2,(H2,13,14,15). The first-order chi connectivity index (χ1) is 7.34. The Balaban J connectivity index is 1.57. The summed E-state index contributed by atoms with van der Waals surface area (Å²) >= 11 is 0. The van der Waals surface area contributed by atoms with Crippen LogP contribution in [0.3, 0.4) is 0 Å². The van der Waals surface area contributed by atoms with Crippen LogP contribution in [0.2, 0.25) is 0 Å². The van der Waals surface area contributed by atoms with Gasteiger partial charge in [0.25, 0.3) is 0 Å². The maximum absolute atomic E-state index is 11.4. The van der Waals surface area contributed by atoms with Crippen LogP contribution in [0.25, 0.3) is 0 Å². The van der Waals surface area contributed by atoms with Crippen molar-refractivity contribution in [2.45, 2.75) is 38.1 Å². The predicted molar refractivity (Wildman–Crippen MR) is 59.8 cm³/mol. The Labute approximate surface area is 91.2 Å². The molecule has 2 fully saturated rings. The number of carbonyl (C=O) groups is 1. The fourth-order valence-electron chi connectivity index (χ4n) is 2.12. The van der Waals surface area contributed by atoms with Crippen LogP contribution in [0.15, 0.2) is 0 Å². The molecule has 0 aromatic carbocycles. The number of rotatable bonds is 3. The molecule has 1 atom stereocenters. The molecule has 0 aromatic rings. The van der Waals surface area contributed by atoms with Crippen LogP contribution in [-0.4, -0.2) is 31.7 Å². The molecule has 4 heteroatoms. The summed E-state index contributed by atoms with van der Waals surface area (Å²) in [5.41, 5.74) is 0. The second-order valence-corrected chi connectivity index (χ2v) is 4.69. The van der Waals surface area contributed by atoms with Crippen molar-refractivity contribution in [2.75, 3.05) is 19.6 Å². The quantitative estimate of drug-likeness (QED) is 0.648. The van der Waals surface area contributed by atoms with E-state index in [4.69, 9.17) is 0 Å². The minimum Gasteiger partial charge on any atom is -0.338 e. The molecule has 1 aliphatic carbocycles. The third-order valence-electron chi connectivity index (χ3n) is 3.39. The van der Waals surface area contributed by atoms with E-state index in [2.05, 4.69) is 16.0 Å². The molecular formula is C11H21N3O. The van der Waals surface area contributed by atoms with Crippen LogP contribution in [0.4, 0.5) is 4.79 Å². The summed E-state index contributed by atoms with van der Waals surface area (Å²) in [6.07, 6.45) is 6.03. The van der Waals surface area contributed by atoms with Crippen LogP contribution >= 0.6 is 0 Å². The number of hydrogen-bond donors (Lipinski definition) is 3. The van der Waals surface area contributed by atoms with Gasteiger partial charge in [-0.05, 0) is 51.1 Å². The van der Waals surface area contributed by atoms with Crippen LogP contribution in [-0.2, 0) is 0 Å². The first-order valence-corrected chi connectivity index (χ1v) is 6.09. The molecule has 0 radical (unpaired) electrons. The summed E-state index contributed by atoms with van der Waals surface area (Å²) in [5.74, 6) is 0.617. The van der Waals surface area contributed by atoms with Gasteiger partial charge in [-0.3, -0.25) is 0 Å². The van der Waals surface area contributed by atoms with E-state index in [0.717, 1.165) is 32.5 Å². The lowest BCUT2D eigenvalue weighted by atomic mass is 9.93. The van der Waals surface area contributed by atoms with Gasteiger partial charge in [0.2, 0.25) is 0 Å². The zero-order chi connectivity index (χ0) is 10.5. The molecule has 1 heterocycles. The van der Waals surface area contributed by atoms with E-state index < -0.39 is 0 Å². The number of amides is 2. The second kappa shape index (κ2) is 5.35. The second-order valence-electron chi connectivity index (χ2n) is 4.69. The maximum atomic E-state index is 11.4. The highest BCUT2D eigenvalue weighted by Crippen LogP contribution is 2.17. The molecule has 15 heavy (non-hydrogen) atoms. The van der Waals surface area contributed by atoms with Crippen LogP contribution in [0.5, 0.6) is 0 Å². The maximum Gasteiger partial charge on any atom is 0.315 e. The van der Waals surface area contributed by atoms with Crippen molar-refractivity contribution in [1.29, 1.82) is 0 Å². The summed E-state index contributed by atoms with van der Waals surface area (Å²) in [4.78, 5) is 11.4. The first-order valence-electron chi connectivity index (χ1n) is 6.09. The normalized spacial score (nSPS) is 26.8. The molecular weight excluding hydrogens is 190 g/mol. The van der Waals surface area contributed by atoms with E-state index in [9.17, 15) is 4.79 Å². The number of urea groups is 1. The van der Waals surface area contributed by atoms with E-state index in [1.54, 1.807) is 0 Å². The van der Waals surface area contributed by atoms with Gasteiger partial charge in [-0.25, -0.2) is 4.79 Å². The largest absolute Gasteiger partial charge is 0.338 e. The summed E-state index contributed by atoms with van der Waals surface area (Å²) < 4.78 is 0. The third kappa shape index (κ3) is 3.38. The highest BCUT2D eigenvalue weighted by atomic mass is 16.2. The molecule has 1 unspecified atom stereocenters. The predicted octanol–water partition coefficient (Wildman–Crippen LogP) is 0.838. The number of nitrogens with one attached hydrogen (secondary N) is 3. The molecule has 2 rings (SSSR count). The van der Waals surface area contributed by atoms with E-state index >= 15 is 0 Å². The van der Waals surface area contributed by atoms with Crippen molar-refractivity contribution < 1.29 is 4.79 Å². The van der Waals surface area contributed by atoms with E-state index in [1.165, 1.54) is 19.3 Å². The fourth-order valence-corrected chi connectivity index (χ4v) is 2.12. The average molecular weight is 211 g/mol. The fraction of sp³-hybridized carbons (Fsp3) is 0.909. The summed E-state index contributed by atoms with van der Waals surface area (Å²) in [5, 5.41) is 9.30. The van der Waals surface area contributed by atoms with Gasteiger partial charge in [0.05, 0.1) is 0 Å². The highest BCUT2D eigenvalue weighted by molar-refractivity contribution is 5.74. The third-order valence-corrected chi connectivity index (χ3v) is 3.39. The molecule has 0 aromatic heterocycles. The monoisotopic (exact) mass is 211 g/mol. The van der Waals surface area contributed by atoms with Gasteiger partial charge in [-0.1, -0.05) is 0 Å². The van der Waals surface area contributed by atoms with Crippen molar-refractivity contribution in [3.8, 4) is 0 Å². The Kier molecular flexibility index (Phi) is 3.83. The Morgan fingerprint density at radius 1 is 1.27 bits per heavy atom. The molecule has 1 aliphatic heterocycles. The smallest absolute Gasteiger partial charge is 0.315 e. The summed E-state index contributed by atoms with van der Waals surface area (Å²) in [7, 11) is 0. The van der Waals surface area contributed by atoms with Crippen molar-refractivity contribution in [1.82, 2.24) is 16.0 Å². The van der Waals surface area contributed by atoms with Gasteiger partial charge in [0.15, 0.2) is 0 Å². The Hall–Kier alpha value is -0.770. The molecule has 1 saturated carbocycles. The topological polar surface area (TPSA) is 53.2 Å². The lowest BCUT2D eigenvalue weighted by Crippen LogP contribution is -2.47. The van der Waals surface area contributed by atoms with Gasteiger partial charge >= 0.3 is 6.03 Å². The number of carbonyl (C=O) groups excluding carboxylic acids is 1. The first kappa shape index (κ1) is 10.7. The minimum atomic E-state index is 0.0188. The molecule has 0 spiro atoms. The molecule has 1 saturated heterocycles. The van der Waals surface area contributed by atoms with Gasteiger partial charge in [-0.15, -0.1) is 0 Å². The molecule has 4 nitrogen and oxygen atoms in total. The molecule has 2 aliphatic rings. The average Bonchev–Trinajstić information content (AvgIpc) is 2.22. The van der Waals surface area contributed by atoms with Gasteiger partial charge < -0.3 is 16.0 Å². The summed E-state index contributed by atoms with van der Waals surface area (Å²) in [6, 6.07) is 0.458. The van der Waals surface area contributed by atoms with E-state index in [-0.39, 0.29) is 6.03 Å². The molecule has 86 valence electrons. The molecule has 0 bridgehead atoms. The highest BCUT2D eigenvalue weighted by Gasteiger charge is 2.20. The van der Waals surface area contributed by atoms with Gasteiger partial charge in [0.1, 0.15) is 0 Å². The summed E-state index contributed by atoms with van der Waals surface area (Å²) in [6.45, 7) is 2.99. The Bertz CT molecular complexity index is 210. The van der Waals surface area contributed by atoms with E-state index in [0.29, 0.717) is 12.0 Å². The zero-order valence-electron chi connectivity index (χ0n) is 9.22. The number of piperidine rings is 1. The van der Waals surface area contributed by atoms with Crippen LogP contribution in [0.1, 0.15) is 32.1 Å². The lowest BCUT2D eigenvalue weighted by molar-refractivity contribution is 0.225. The van der Waals surface area contributed by atoms with Crippen LogP contribution in [0, 0.1) is 5.92 Å². The van der Waals surface area contributed by atoms with Gasteiger partial charge in [0, 0.05) is 12.6 Å². The SMILES string of the molecule is O=C(NCC1CCCNC1)NC1CCC1. The molecule has 2 amide bonds. The lowest BCUT2D eigenvalue weighted by Gasteiger charge is -2.27. The Morgan fingerprint density at radius 2 is 2.13 bits per heavy atom. The molecule has 3 N–H and O–H groups in total. The Morgan fingerprint density at radius 3 is 2.73 bits per heavy atom. The van der Waals surface area contributed by atoms with Crippen LogP contribution < -0.4 is 16.0 Å². The zero-order valence-corrected chi connectivity index (χ0v) is 9.22. The van der Waals surface area contributed by atoms with Gasteiger partial charge in [-0.2, -0.15) is 0 Å². The van der Waals surface area contributed by atoms with Crippen molar-refractivity contribution in [3.05, 3.63) is 0 Å². The van der Waals surface area contributed by atoms with Crippen molar-refractivity contribution >= 4 is 6.03 Å².